The van der Waals surface area contributed by atoms with Crippen LogP contribution in [0.25, 0.3) is 0 Å². The van der Waals surface area contributed by atoms with Gasteiger partial charge in [0.25, 0.3) is 0 Å². The summed E-state index contributed by atoms with van der Waals surface area (Å²) in [5.74, 6) is 2.50. The molecule has 2 atom stereocenters. The highest BCUT2D eigenvalue weighted by atomic mass is 32.2. The highest BCUT2D eigenvalue weighted by molar-refractivity contribution is 7.99. The van der Waals surface area contributed by atoms with Crippen molar-refractivity contribution in [1.82, 2.24) is 10.2 Å². The standard InChI is InChI=1S/C14H27N3O2S/c1-17(2)14(5-8-20-10-14)9-16-13(18)12(15)11-3-6-19-7-4-11/h11-12H,3-10,15H2,1-2H3,(H,16,18). The fraction of sp³-hybridized carbons (Fsp3) is 0.929. The van der Waals surface area contributed by atoms with E-state index in [0.717, 1.165) is 38.2 Å². The molecule has 2 aliphatic rings. The minimum atomic E-state index is -0.396. The van der Waals surface area contributed by atoms with Crippen molar-refractivity contribution in [3.63, 3.8) is 0 Å². The number of likely N-dealkylation sites (N-methyl/N-ethyl adjacent to an activating group) is 1. The Morgan fingerprint density at radius 2 is 2.20 bits per heavy atom. The van der Waals surface area contributed by atoms with E-state index in [4.69, 9.17) is 10.5 Å². The predicted octanol–water partition coefficient (Wildman–Crippen LogP) is 0.294. The van der Waals surface area contributed by atoms with Gasteiger partial charge in [-0.3, -0.25) is 4.79 Å². The van der Waals surface area contributed by atoms with E-state index in [-0.39, 0.29) is 17.4 Å². The molecule has 2 rings (SSSR count). The fourth-order valence-corrected chi connectivity index (χ4v) is 4.46. The number of thioether (sulfide) groups is 1. The van der Waals surface area contributed by atoms with Gasteiger partial charge in [-0.15, -0.1) is 0 Å². The van der Waals surface area contributed by atoms with Crippen molar-refractivity contribution in [1.29, 1.82) is 0 Å². The third-order valence-corrected chi connectivity index (χ3v) is 5.93. The molecular weight excluding hydrogens is 274 g/mol. The molecule has 2 fully saturated rings. The van der Waals surface area contributed by atoms with Gasteiger partial charge in [0.15, 0.2) is 0 Å². The summed E-state index contributed by atoms with van der Waals surface area (Å²) in [6.45, 7) is 2.15. The summed E-state index contributed by atoms with van der Waals surface area (Å²) in [7, 11) is 4.19. The Hall–Kier alpha value is -0.300. The molecule has 0 radical (unpaired) electrons. The van der Waals surface area contributed by atoms with Crippen LogP contribution in [0.15, 0.2) is 0 Å². The van der Waals surface area contributed by atoms with Crippen LogP contribution in [0.3, 0.4) is 0 Å². The van der Waals surface area contributed by atoms with Gasteiger partial charge in [0.2, 0.25) is 5.91 Å². The number of nitrogens with zero attached hydrogens (tertiary/aromatic N) is 1. The molecule has 0 spiro atoms. The number of ether oxygens (including phenoxy) is 1. The summed E-state index contributed by atoms with van der Waals surface area (Å²) in [6, 6.07) is -0.396. The lowest BCUT2D eigenvalue weighted by Gasteiger charge is -2.36. The van der Waals surface area contributed by atoms with E-state index in [2.05, 4.69) is 24.3 Å². The number of nitrogens with one attached hydrogen (secondary N) is 1. The Morgan fingerprint density at radius 3 is 2.75 bits per heavy atom. The lowest BCUT2D eigenvalue weighted by atomic mass is 9.91. The molecule has 6 heteroatoms. The van der Waals surface area contributed by atoms with Gasteiger partial charge in [0.1, 0.15) is 0 Å². The van der Waals surface area contributed by atoms with E-state index in [0.29, 0.717) is 6.54 Å². The van der Waals surface area contributed by atoms with Gasteiger partial charge in [-0.25, -0.2) is 0 Å². The molecule has 1 amide bonds. The number of hydrogen-bond acceptors (Lipinski definition) is 5. The van der Waals surface area contributed by atoms with Gasteiger partial charge in [-0.1, -0.05) is 0 Å². The van der Waals surface area contributed by atoms with Crippen LogP contribution in [0.5, 0.6) is 0 Å². The van der Waals surface area contributed by atoms with Gasteiger partial charge in [0, 0.05) is 31.1 Å². The van der Waals surface area contributed by atoms with Crippen LogP contribution in [0, 0.1) is 5.92 Å². The molecule has 2 unspecified atom stereocenters. The minimum Gasteiger partial charge on any atom is -0.381 e. The average Bonchev–Trinajstić information content (AvgIpc) is 2.95. The van der Waals surface area contributed by atoms with Crippen LogP contribution < -0.4 is 11.1 Å². The van der Waals surface area contributed by atoms with Gasteiger partial charge in [0.05, 0.1) is 6.04 Å². The molecule has 0 bridgehead atoms. The average molecular weight is 301 g/mol. The van der Waals surface area contributed by atoms with Gasteiger partial charge >= 0.3 is 0 Å². The van der Waals surface area contributed by atoms with E-state index < -0.39 is 6.04 Å². The minimum absolute atomic E-state index is 0.00461. The monoisotopic (exact) mass is 301 g/mol. The van der Waals surface area contributed by atoms with Crippen LogP contribution in [0.1, 0.15) is 19.3 Å². The number of amides is 1. The zero-order chi connectivity index (χ0) is 14.6. The van der Waals surface area contributed by atoms with Crippen molar-refractivity contribution in [3.8, 4) is 0 Å². The summed E-state index contributed by atoms with van der Waals surface area (Å²) in [6.07, 6.45) is 2.91. The Morgan fingerprint density at radius 1 is 1.50 bits per heavy atom. The quantitative estimate of drug-likeness (QED) is 0.764. The molecule has 0 aromatic carbocycles. The zero-order valence-corrected chi connectivity index (χ0v) is 13.4. The normalized spacial score (nSPS) is 29.6. The van der Waals surface area contributed by atoms with Crippen molar-refractivity contribution >= 4 is 17.7 Å². The van der Waals surface area contributed by atoms with Gasteiger partial charge in [-0.2, -0.15) is 11.8 Å². The first-order chi connectivity index (χ1) is 9.55. The second-order valence-electron chi connectivity index (χ2n) is 6.11. The lowest BCUT2D eigenvalue weighted by molar-refractivity contribution is -0.124. The molecule has 116 valence electrons. The largest absolute Gasteiger partial charge is 0.381 e. The summed E-state index contributed by atoms with van der Waals surface area (Å²) in [5.41, 5.74) is 6.20. The number of carbonyl (C=O) groups is 1. The SMILES string of the molecule is CN(C)C1(CNC(=O)C(N)C2CCOCC2)CCSC1. The molecule has 0 aromatic rings. The lowest BCUT2D eigenvalue weighted by Crippen LogP contribution is -2.56. The Kier molecular flexibility index (Phi) is 5.72. The predicted molar refractivity (Wildman–Crippen MR) is 82.9 cm³/mol. The van der Waals surface area contributed by atoms with Crippen molar-refractivity contribution in [2.24, 2.45) is 11.7 Å². The molecule has 0 aromatic heterocycles. The molecule has 0 aliphatic carbocycles. The number of hydrogen-bond donors (Lipinski definition) is 2. The first-order valence-electron chi connectivity index (χ1n) is 7.41. The molecule has 0 saturated carbocycles. The Balaban J connectivity index is 1.84. The van der Waals surface area contributed by atoms with Crippen molar-refractivity contribution < 1.29 is 9.53 Å². The Labute approximate surface area is 126 Å². The first kappa shape index (κ1) is 16.1. The third kappa shape index (κ3) is 3.67. The molecular formula is C14H27N3O2S. The highest BCUT2D eigenvalue weighted by Gasteiger charge is 2.37. The maximum Gasteiger partial charge on any atom is 0.237 e. The van der Waals surface area contributed by atoms with Crippen molar-refractivity contribution in [2.75, 3.05) is 45.4 Å². The summed E-state index contributed by atoms with van der Waals surface area (Å²) < 4.78 is 5.32. The molecule has 2 heterocycles. The highest BCUT2D eigenvalue weighted by Crippen LogP contribution is 2.31. The first-order valence-corrected chi connectivity index (χ1v) is 8.57. The van der Waals surface area contributed by atoms with Crippen molar-refractivity contribution in [2.45, 2.75) is 30.8 Å². The number of carbonyl (C=O) groups excluding carboxylic acids is 1. The third-order valence-electron chi connectivity index (χ3n) is 4.70. The van der Waals surface area contributed by atoms with Crippen molar-refractivity contribution in [3.05, 3.63) is 0 Å². The summed E-state index contributed by atoms with van der Waals surface area (Å²) in [5, 5.41) is 3.08. The molecule has 2 aliphatic heterocycles. The maximum atomic E-state index is 12.3. The smallest absolute Gasteiger partial charge is 0.237 e. The van der Waals surface area contributed by atoms with E-state index in [9.17, 15) is 4.79 Å². The Bertz CT molecular complexity index is 326. The fourth-order valence-electron chi connectivity index (χ4n) is 2.91. The van der Waals surface area contributed by atoms with E-state index in [1.165, 1.54) is 5.75 Å². The van der Waals surface area contributed by atoms with Gasteiger partial charge < -0.3 is 20.7 Å². The van der Waals surface area contributed by atoms with Gasteiger partial charge in [-0.05, 0) is 45.0 Å². The van der Waals surface area contributed by atoms with Crippen LogP contribution >= 0.6 is 11.8 Å². The van der Waals surface area contributed by atoms with Crippen LogP contribution in [0.4, 0.5) is 0 Å². The van der Waals surface area contributed by atoms with Crippen LogP contribution in [0.2, 0.25) is 0 Å². The molecule has 3 N–H and O–H groups in total. The second-order valence-corrected chi connectivity index (χ2v) is 7.22. The zero-order valence-electron chi connectivity index (χ0n) is 12.6. The summed E-state index contributed by atoms with van der Waals surface area (Å²) >= 11 is 1.96. The van der Waals surface area contributed by atoms with E-state index in [1.807, 2.05) is 11.8 Å². The molecule has 20 heavy (non-hydrogen) atoms. The van der Waals surface area contributed by atoms with Crippen LogP contribution in [-0.2, 0) is 9.53 Å². The second kappa shape index (κ2) is 7.11. The molecule has 5 nitrogen and oxygen atoms in total. The molecule has 2 saturated heterocycles. The van der Waals surface area contributed by atoms with Crippen LogP contribution in [-0.4, -0.2) is 67.7 Å². The van der Waals surface area contributed by atoms with E-state index >= 15 is 0 Å². The number of rotatable bonds is 5. The van der Waals surface area contributed by atoms with E-state index in [1.54, 1.807) is 0 Å². The topological polar surface area (TPSA) is 67.6 Å². The number of nitrogens with two attached hydrogens (primary N) is 1. The summed E-state index contributed by atoms with van der Waals surface area (Å²) in [4.78, 5) is 14.5. The maximum absolute atomic E-state index is 12.3.